The van der Waals surface area contributed by atoms with Crippen LogP contribution in [0.2, 0.25) is 0 Å². The first-order chi connectivity index (χ1) is 7.97. The van der Waals surface area contributed by atoms with Gasteiger partial charge in [0.2, 0.25) is 0 Å². The molecule has 0 aromatic heterocycles. The Hall–Kier alpha value is -0.610. The number of hydrogen-bond donors (Lipinski definition) is 2. The van der Waals surface area contributed by atoms with Crippen LogP contribution in [0.5, 0.6) is 0 Å². The third-order valence-electron chi connectivity index (χ3n) is 3.80. The van der Waals surface area contributed by atoms with Gasteiger partial charge >= 0.3 is 0 Å². The summed E-state index contributed by atoms with van der Waals surface area (Å²) in [6, 6.07) is 0.573. The summed E-state index contributed by atoms with van der Waals surface area (Å²) in [5, 5.41) is 7.54. The van der Waals surface area contributed by atoms with Gasteiger partial charge in [0.25, 0.3) is 0 Å². The molecule has 1 atom stereocenters. The van der Waals surface area contributed by atoms with Crippen LogP contribution in [-0.4, -0.2) is 43.1 Å². The van der Waals surface area contributed by atoms with Gasteiger partial charge in [0.05, 0.1) is 19.0 Å². The fourth-order valence-corrected chi connectivity index (χ4v) is 2.22. The molecule has 0 saturated carbocycles. The van der Waals surface area contributed by atoms with Crippen molar-refractivity contribution in [1.29, 1.82) is 5.41 Å². The van der Waals surface area contributed by atoms with Crippen LogP contribution in [0.4, 0.5) is 0 Å². The number of morpholine rings is 1. The van der Waals surface area contributed by atoms with E-state index in [4.69, 9.17) is 15.9 Å². The lowest BCUT2D eigenvalue weighted by Gasteiger charge is -2.35. The Morgan fingerprint density at radius 1 is 1.53 bits per heavy atom. The minimum atomic E-state index is -0.159. The van der Waals surface area contributed by atoms with Crippen molar-refractivity contribution < 1.29 is 4.74 Å². The topological polar surface area (TPSA) is 62.3 Å². The van der Waals surface area contributed by atoms with Crippen LogP contribution in [0.15, 0.2) is 0 Å². The molecular weight excluding hydrogens is 214 g/mol. The second-order valence-electron chi connectivity index (χ2n) is 5.57. The average molecular weight is 241 g/mol. The van der Waals surface area contributed by atoms with Crippen LogP contribution in [0.1, 0.15) is 40.0 Å². The molecule has 0 aromatic carbocycles. The van der Waals surface area contributed by atoms with Crippen molar-refractivity contribution >= 4 is 5.84 Å². The van der Waals surface area contributed by atoms with E-state index in [1.54, 1.807) is 0 Å². The molecule has 0 spiro atoms. The zero-order chi connectivity index (χ0) is 12.9. The van der Waals surface area contributed by atoms with Gasteiger partial charge in [-0.1, -0.05) is 20.8 Å². The average Bonchev–Trinajstić information content (AvgIpc) is 2.29. The minimum absolute atomic E-state index is 0.159. The fourth-order valence-electron chi connectivity index (χ4n) is 2.22. The molecule has 1 unspecified atom stereocenters. The maximum Gasteiger partial charge on any atom is 0.0963 e. The molecule has 100 valence electrons. The Kier molecular flexibility index (Phi) is 5.40. The zero-order valence-electron chi connectivity index (χ0n) is 11.5. The van der Waals surface area contributed by atoms with Crippen LogP contribution in [-0.2, 0) is 4.74 Å². The van der Waals surface area contributed by atoms with Crippen molar-refractivity contribution in [3.8, 4) is 0 Å². The number of rotatable bonds is 6. The lowest BCUT2D eigenvalue weighted by atomic mass is 9.86. The van der Waals surface area contributed by atoms with Gasteiger partial charge in [-0.3, -0.25) is 10.3 Å². The van der Waals surface area contributed by atoms with E-state index in [1.807, 2.05) is 13.8 Å². The molecule has 0 radical (unpaired) electrons. The van der Waals surface area contributed by atoms with Gasteiger partial charge < -0.3 is 10.5 Å². The highest BCUT2D eigenvalue weighted by Gasteiger charge is 2.24. The van der Waals surface area contributed by atoms with E-state index in [2.05, 4.69) is 11.8 Å². The quantitative estimate of drug-likeness (QED) is 0.551. The first-order valence-electron chi connectivity index (χ1n) is 6.63. The molecule has 1 rings (SSSR count). The van der Waals surface area contributed by atoms with Crippen LogP contribution >= 0.6 is 0 Å². The van der Waals surface area contributed by atoms with Gasteiger partial charge in [-0.2, -0.15) is 0 Å². The molecule has 4 nitrogen and oxygen atoms in total. The molecule has 1 saturated heterocycles. The van der Waals surface area contributed by atoms with E-state index in [9.17, 15) is 0 Å². The maximum absolute atomic E-state index is 7.54. The second-order valence-corrected chi connectivity index (χ2v) is 5.57. The van der Waals surface area contributed by atoms with E-state index in [0.717, 1.165) is 45.6 Å². The zero-order valence-corrected chi connectivity index (χ0v) is 11.5. The third-order valence-corrected chi connectivity index (χ3v) is 3.80. The van der Waals surface area contributed by atoms with E-state index in [-0.39, 0.29) is 5.41 Å². The molecule has 1 aliphatic heterocycles. The summed E-state index contributed by atoms with van der Waals surface area (Å²) in [6.45, 7) is 10.2. The predicted molar refractivity (Wildman–Crippen MR) is 71.4 cm³/mol. The number of nitrogens with two attached hydrogens (primary N) is 1. The van der Waals surface area contributed by atoms with Gasteiger partial charge in [0.1, 0.15) is 0 Å². The molecule has 0 aromatic rings. The standard InChI is InChI=1S/C13H27N3O/c1-4-11-10-17-9-8-16(11)7-5-6-13(2,3)12(14)15/h11H,4-10H2,1-3H3,(H3,14,15). The monoisotopic (exact) mass is 241 g/mol. The van der Waals surface area contributed by atoms with Crippen molar-refractivity contribution in [2.75, 3.05) is 26.3 Å². The molecule has 17 heavy (non-hydrogen) atoms. The summed E-state index contributed by atoms with van der Waals surface area (Å²) in [4.78, 5) is 2.51. The maximum atomic E-state index is 7.54. The molecule has 4 heteroatoms. The van der Waals surface area contributed by atoms with E-state index in [0.29, 0.717) is 11.9 Å². The minimum Gasteiger partial charge on any atom is -0.387 e. The largest absolute Gasteiger partial charge is 0.387 e. The van der Waals surface area contributed by atoms with Gasteiger partial charge in [-0.15, -0.1) is 0 Å². The molecule has 0 bridgehead atoms. The Labute approximate surface area is 105 Å². The molecular formula is C13H27N3O. The lowest BCUT2D eigenvalue weighted by molar-refractivity contribution is -0.00970. The molecule has 1 aliphatic rings. The van der Waals surface area contributed by atoms with Crippen molar-refractivity contribution in [3.63, 3.8) is 0 Å². The van der Waals surface area contributed by atoms with Crippen LogP contribution in [0.3, 0.4) is 0 Å². The highest BCUT2D eigenvalue weighted by Crippen LogP contribution is 2.22. The molecule has 1 heterocycles. The number of ether oxygens (including phenoxy) is 1. The van der Waals surface area contributed by atoms with Gasteiger partial charge in [0.15, 0.2) is 0 Å². The highest BCUT2D eigenvalue weighted by atomic mass is 16.5. The fraction of sp³-hybridized carbons (Fsp3) is 0.923. The number of hydrogen-bond acceptors (Lipinski definition) is 3. The van der Waals surface area contributed by atoms with Crippen molar-refractivity contribution in [2.45, 2.75) is 46.1 Å². The van der Waals surface area contributed by atoms with E-state index >= 15 is 0 Å². The van der Waals surface area contributed by atoms with Crippen molar-refractivity contribution in [2.24, 2.45) is 11.1 Å². The summed E-state index contributed by atoms with van der Waals surface area (Å²) >= 11 is 0. The van der Waals surface area contributed by atoms with Crippen LogP contribution in [0.25, 0.3) is 0 Å². The Bertz CT molecular complexity index is 253. The van der Waals surface area contributed by atoms with Crippen molar-refractivity contribution in [3.05, 3.63) is 0 Å². The van der Waals surface area contributed by atoms with Gasteiger partial charge in [-0.25, -0.2) is 0 Å². The first-order valence-corrected chi connectivity index (χ1v) is 6.63. The number of nitrogens with one attached hydrogen (secondary N) is 1. The SMILES string of the molecule is CCC1COCCN1CCCC(C)(C)C(=N)N. The Morgan fingerprint density at radius 2 is 2.24 bits per heavy atom. The normalized spacial score (nSPS) is 22.6. The summed E-state index contributed by atoms with van der Waals surface area (Å²) in [5.74, 6) is 0.298. The number of nitrogens with zero attached hydrogens (tertiary/aromatic N) is 1. The molecule has 0 aliphatic carbocycles. The predicted octanol–water partition coefficient (Wildman–Crippen LogP) is 1.84. The second kappa shape index (κ2) is 6.36. The summed E-state index contributed by atoms with van der Waals surface area (Å²) in [6.07, 6.45) is 3.23. The van der Waals surface area contributed by atoms with Gasteiger partial charge in [-0.05, 0) is 25.8 Å². The van der Waals surface area contributed by atoms with E-state index < -0.39 is 0 Å². The molecule has 3 N–H and O–H groups in total. The molecule has 0 amide bonds. The summed E-state index contributed by atoms with van der Waals surface area (Å²) < 4.78 is 5.49. The smallest absolute Gasteiger partial charge is 0.0963 e. The highest BCUT2D eigenvalue weighted by molar-refractivity contribution is 5.82. The summed E-state index contributed by atoms with van der Waals surface area (Å²) in [5.41, 5.74) is 5.43. The Morgan fingerprint density at radius 3 is 2.82 bits per heavy atom. The van der Waals surface area contributed by atoms with Crippen molar-refractivity contribution in [1.82, 2.24) is 4.90 Å². The number of amidine groups is 1. The van der Waals surface area contributed by atoms with E-state index in [1.165, 1.54) is 0 Å². The Balaban J connectivity index is 2.32. The third kappa shape index (κ3) is 4.28. The first kappa shape index (κ1) is 14.5. The summed E-state index contributed by atoms with van der Waals surface area (Å²) in [7, 11) is 0. The van der Waals surface area contributed by atoms with Crippen LogP contribution in [0, 0.1) is 10.8 Å². The van der Waals surface area contributed by atoms with Gasteiger partial charge in [0, 0.05) is 18.0 Å². The molecule has 1 fully saturated rings. The lowest BCUT2D eigenvalue weighted by Crippen LogP contribution is -2.45. The van der Waals surface area contributed by atoms with Crippen LogP contribution < -0.4 is 5.73 Å².